The predicted molar refractivity (Wildman–Crippen MR) is 107 cm³/mol. The van der Waals surface area contributed by atoms with E-state index in [-0.39, 0.29) is 24.9 Å². The Morgan fingerprint density at radius 1 is 1.15 bits per heavy atom. The van der Waals surface area contributed by atoms with Crippen molar-refractivity contribution in [3.63, 3.8) is 0 Å². The Balaban J connectivity index is 0.00000210. The first kappa shape index (κ1) is 20.6. The van der Waals surface area contributed by atoms with Gasteiger partial charge in [-0.2, -0.15) is 0 Å². The highest BCUT2D eigenvalue weighted by atomic mass is 35.5. The molecule has 1 aromatic rings. The number of hydrogen-bond acceptors (Lipinski definition) is 6. The summed E-state index contributed by atoms with van der Waals surface area (Å²) in [6.07, 6.45) is 4.38. The van der Waals surface area contributed by atoms with E-state index in [0.717, 1.165) is 70.2 Å². The Kier molecular flexibility index (Phi) is 7.49. The molecule has 1 aromatic carbocycles. The second-order valence-corrected chi connectivity index (χ2v) is 7.56. The number of piperidine rings is 1. The van der Waals surface area contributed by atoms with Crippen LogP contribution in [0.15, 0.2) is 24.3 Å². The fourth-order valence-electron chi connectivity index (χ4n) is 4.23. The number of aldehydes is 1. The van der Waals surface area contributed by atoms with Crippen LogP contribution in [0.5, 0.6) is 0 Å². The molecular formula is C20H30ClN3O3. The van der Waals surface area contributed by atoms with Gasteiger partial charge in [0, 0.05) is 25.3 Å². The van der Waals surface area contributed by atoms with E-state index in [1.165, 1.54) is 18.4 Å². The van der Waals surface area contributed by atoms with Gasteiger partial charge in [0.15, 0.2) is 12.6 Å². The van der Waals surface area contributed by atoms with Crippen LogP contribution in [0.25, 0.3) is 0 Å². The normalized spacial score (nSPS) is 24.8. The molecule has 0 bridgehead atoms. The predicted octanol–water partition coefficient (Wildman–Crippen LogP) is 2.34. The third kappa shape index (κ3) is 5.21. The Hall–Kier alpha value is -1.18. The summed E-state index contributed by atoms with van der Waals surface area (Å²) in [4.78, 5) is 16.2. The lowest BCUT2D eigenvalue weighted by molar-refractivity contribution is -0.112. The smallest absolute Gasteiger partial charge is 0.170 e. The third-order valence-electron chi connectivity index (χ3n) is 5.85. The van der Waals surface area contributed by atoms with Gasteiger partial charge in [-0.15, -0.1) is 12.4 Å². The van der Waals surface area contributed by atoms with Crippen LogP contribution in [0.1, 0.15) is 24.8 Å². The molecule has 0 spiro atoms. The number of carbonyl (C=O) groups is 1. The van der Waals surface area contributed by atoms with Crippen LogP contribution in [0.4, 0.5) is 5.69 Å². The molecular weight excluding hydrogens is 366 g/mol. The van der Waals surface area contributed by atoms with Crippen molar-refractivity contribution in [1.29, 1.82) is 0 Å². The van der Waals surface area contributed by atoms with Gasteiger partial charge >= 0.3 is 0 Å². The molecule has 3 aliphatic heterocycles. The lowest BCUT2D eigenvalue weighted by Crippen LogP contribution is -2.46. The maximum atomic E-state index is 11.5. The number of nitrogens with one attached hydrogen (secondary N) is 1. The third-order valence-corrected chi connectivity index (χ3v) is 5.85. The highest BCUT2D eigenvalue weighted by molar-refractivity contribution is 5.85. The lowest BCUT2D eigenvalue weighted by Gasteiger charge is -2.37. The monoisotopic (exact) mass is 395 g/mol. The summed E-state index contributed by atoms with van der Waals surface area (Å²) in [6, 6.07) is 8.27. The lowest BCUT2D eigenvalue weighted by atomic mass is 9.93. The largest absolute Gasteiger partial charge is 0.363 e. The zero-order valence-corrected chi connectivity index (χ0v) is 16.5. The number of para-hydroxylation sites is 1. The van der Waals surface area contributed by atoms with Crippen LogP contribution in [0.3, 0.4) is 0 Å². The van der Waals surface area contributed by atoms with E-state index in [0.29, 0.717) is 0 Å². The van der Waals surface area contributed by atoms with Gasteiger partial charge in [0.05, 0.1) is 13.2 Å². The van der Waals surface area contributed by atoms with Crippen molar-refractivity contribution in [1.82, 2.24) is 9.80 Å². The molecule has 2 saturated heterocycles. The van der Waals surface area contributed by atoms with Crippen molar-refractivity contribution in [3.8, 4) is 0 Å². The van der Waals surface area contributed by atoms with Crippen molar-refractivity contribution >= 4 is 24.4 Å². The molecule has 6 nitrogen and oxygen atoms in total. The molecule has 0 saturated carbocycles. The molecule has 27 heavy (non-hydrogen) atoms. The fourth-order valence-corrected chi connectivity index (χ4v) is 4.23. The van der Waals surface area contributed by atoms with E-state index in [2.05, 4.69) is 33.3 Å². The van der Waals surface area contributed by atoms with E-state index < -0.39 is 0 Å². The number of hydrogen-bond donors (Lipinski definition) is 1. The Morgan fingerprint density at radius 2 is 1.89 bits per heavy atom. The molecule has 0 aromatic heterocycles. The van der Waals surface area contributed by atoms with Crippen LogP contribution in [-0.4, -0.2) is 67.9 Å². The molecule has 4 rings (SSSR count). The number of fused-ring (bicyclic) bond motifs is 1. The molecule has 1 N–H and O–H groups in total. The standard InChI is InChI=1S/C20H29N3O3.ClH/c24-15-19-21-18-4-2-1-3-17(18)13-23(19)10-7-16-5-8-22(9-6-16)14-20-25-11-12-26-20;/h1-4,15-16,19-21H,5-14H2;1H. The van der Waals surface area contributed by atoms with Crippen LogP contribution in [0, 0.1) is 5.92 Å². The first-order chi connectivity index (χ1) is 12.8. The summed E-state index contributed by atoms with van der Waals surface area (Å²) >= 11 is 0. The summed E-state index contributed by atoms with van der Waals surface area (Å²) in [7, 11) is 0. The van der Waals surface area contributed by atoms with Crippen molar-refractivity contribution in [2.45, 2.75) is 38.3 Å². The van der Waals surface area contributed by atoms with Crippen molar-refractivity contribution < 1.29 is 14.3 Å². The van der Waals surface area contributed by atoms with Gasteiger partial charge < -0.3 is 14.8 Å². The summed E-state index contributed by atoms with van der Waals surface area (Å²) in [5.41, 5.74) is 2.36. The molecule has 7 heteroatoms. The second-order valence-electron chi connectivity index (χ2n) is 7.56. The number of anilines is 1. The van der Waals surface area contributed by atoms with E-state index >= 15 is 0 Å². The minimum atomic E-state index is -0.207. The van der Waals surface area contributed by atoms with Gasteiger partial charge in [-0.1, -0.05) is 18.2 Å². The number of nitrogens with zero attached hydrogens (tertiary/aromatic N) is 2. The van der Waals surface area contributed by atoms with Crippen LogP contribution in [-0.2, 0) is 20.8 Å². The maximum Gasteiger partial charge on any atom is 0.170 e. The molecule has 0 amide bonds. The minimum Gasteiger partial charge on any atom is -0.363 e. The van der Waals surface area contributed by atoms with Gasteiger partial charge in [0.25, 0.3) is 0 Å². The number of halogens is 1. The molecule has 1 atom stereocenters. The number of rotatable bonds is 6. The van der Waals surface area contributed by atoms with Gasteiger partial charge in [-0.3, -0.25) is 14.6 Å². The topological polar surface area (TPSA) is 54.0 Å². The van der Waals surface area contributed by atoms with Crippen LogP contribution < -0.4 is 5.32 Å². The summed E-state index contributed by atoms with van der Waals surface area (Å²) in [5, 5.41) is 3.35. The zero-order chi connectivity index (χ0) is 17.8. The fraction of sp³-hybridized carbons (Fsp3) is 0.650. The number of ether oxygens (including phenoxy) is 2. The van der Waals surface area contributed by atoms with Gasteiger partial charge in [0.2, 0.25) is 0 Å². The van der Waals surface area contributed by atoms with Crippen molar-refractivity contribution in [2.75, 3.05) is 44.7 Å². The second kappa shape index (κ2) is 9.85. The molecule has 0 radical (unpaired) electrons. The first-order valence-corrected chi connectivity index (χ1v) is 9.81. The van der Waals surface area contributed by atoms with Crippen LogP contribution in [0.2, 0.25) is 0 Å². The summed E-state index contributed by atoms with van der Waals surface area (Å²) < 4.78 is 11.1. The Morgan fingerprint density at radius 3 is 2.63 bits per heavy atom. The van der Waals surface area contributed by atoms with Crippen molar-refractivity contribution in [2.24, 2.45) is 5.92 Å². The maximum absolute atomic E-state index is 11.5. The average molecular weight is 396 g/mol. The van der Waals surface area contributed by atoms with E-state index in [4.69, 9.17) is 9.47 Å². The Labute approximate surface area is 167 Å². The van der Waals surface area contributed by atoms with Crippen LogP contribution >= 0.6 is 12.4 Å². The molecule has 3 aliphatic rings. The molecule has 1 unspecified atom stereocenters. The van der Waals surface area contributed by atoms with Gasteiger partial charge in [-0.25, -0.2) is 0 Å². The van der Waals surface area contributed by atoms with E-state index in [9.17, 15) is 4.79 Å². The van der Waals surface area contributed by atoms with E-state index in [1.54, 1.807) is 0 Å². The Bertz CT molecular complexity index is 604. The first-order valence-electron chi connectivity index (χ1n) is 9.81. The summed E-state index contributed by atoms with van der Waals surface area (Å²) in [6.45, 7) is 6.40. The SMILES string of the molecule is Cl.O=CC1Nc2ccccc2CN1CCC1CCN(CC2OCCO2)CC1. The summed E-state index contributed by atoms with van der Waals surface area (Å²) in [5.74, 6) is 0.737. The quantitative estimate of drug-likeness (QED) is 0.746. The highest BCUT2D eigenvalue weighted by Crippen LogP contribution is 2.27. The number of benzene rings is 1. The average Bonchev–Trinajstić information content (AvgIpc) is 3.19. The van der Waals surface area contributed by atoms with Gasteiger partial charge in [-0.05, 0) is 49.9 Å². The molecule has 2 fully saturated rings. The minimum absolute atomic E-state index is 0. The number of likely N-dealkylation sites (tertiary alicyclic amines) is 1. The number of carbonyl (C=O) groups excluding carboxylic acids is 1. The molecule has 150 valence electrons. The highest BCUT2D eigenvalue weighted by Gasteiger charge is 2.27. The molecule has 0 aliphatic carbocycles. The molecule has 3 heterocycles. The zero-order valence-electron chi connectivity index (χ0n) is 15.7. The van der Waals surface area contributed by atoms with Gasteiger partial charge in [0.1, 0.15) is 6.17 Å². The van der Waals surface area contributed by atoms with Crippen molar-refractivity contribution in [3.05, 3.63) is 29.8 Å². The van der Waals surface area contributed by atoms with E-state index in [1.807, 2.05) is 6.07 Å².